The molecule has 2 nitrogen and oxygen atoms in total. The fourth-order valence-electron chi connectivity index (χ4n) is 1.78. The standard InChI is InChI=1S/C15H13BrO2/c1-10-5-3-4-6-12(10)15(17)13-8-7-11(18-2)9-14(13)16/h3-9H,1-2H3. The number of hydrogen-bond acceptors (Lipinski definition) is 2. The van der Waals surface area contributed by atoms with Gasteiger partial charge in [-0.25, -0.2) is 0 Å². The van der Waals surface area contributed by atoms with E-state index in [-0.39, 0.29) is 5.78 Å². The van der Waals surface area contributed by atoms with Gasteiger partial charge in [0.25, 0.3) is 0 Å². The summed E-state index contributed by atoms with van der Waals surface area (Å²) in [5.74, 6) is 0.742. The van der Waals surface area contributed by atoms with Gasteiger partial charge in [-0.15, -0.1) is 0 Å². The van der Waals surface area contributed by atoms with Crippen LogP contribution >= 0.6 is 15.9 Å². The molecule has 2 aromatic rings. The van der Waals surface area contributed by atoms with Crippen LogP contribution in [0.1, 0.15) is 21.5 Å². The summed E-state index contributed by atoms with van der Waals surface area (Å²) in [4.78, 5) is 12.4. The number of ketones is 1. The number of ether oxygens (including phenoxy) is 1. The maximum atomic E-state index is 12.4. The SMILES string of the molecule is COc1ccc(C(=O)c2ccccc2C)c(Br)c1. The highest BCUT2D eigenvalue weighted by Crippen LogP contribution is 2.25. The molecule has 0 aliphatic heterocycles. The van der Waals surface area contributed by atoms with Crippen LogP contribution in [0.2, 0.25) is 0 Å². The van der Waals surface area contributed by atoms with Crippen molar-refractivity contribution in [1.29, 1.82) is 0 Å². The van der Waals surface area contributed by atoms with Crippen LogP contribution in [0.5, 0.6) is 5.75 Å². The molecule has 2 aromatic carbocycles. The molecule has 0 spiro atoms. The number of rotatable bonds is 3. The second kappa shape index (κ2) is 5.36. The Hall–Kier alpha value is -1.61. The van der Waals surface area contributed by atoms with Crippen molar-refractivity contribution < 1.29 is 9.53 Å². The zero-order chi connectivity index (χ0) is 13.1. The van der Waals surface area contributed by atoms with Crippen LogP contribution in [0, 0.1) is 6.92 Å². The smallest absolute Gasteiger partial charge is 0.194 e. The molecule has 0 fully saturated rings. The Labute approximate surface area is 115 Å². The second-order valence-electron chi connectivity index (χ2n) is 3.99. The van der Waals surface area contributed by atoms with Crippen molar-refractivity contribution >= 4 is 21.7 Å². The predicted molar refractivity (Wildman–Crippen MR) is 75.3 cm³/mol. The Morgan fingerprint density at radius 2 is 1.83 bits per heavy atom. The number of carbonyl (C=O) groups excluding carboxylic acids is 1. The zero-order valence-electron chi connectivity index (χ0n) is 10.2. The van der Waals surface area contributed by atoms with Crippen molar-refractivity contribution in [3.8, 4) is 5.75 Å². The Kier molecular flexibility index (Phi) is 3.82. The third-order valence-corrected chi connectivity index (χ3v) is 3.47. The molecule has 3 heteroatoms. The monoisotopic (exact) mass is 304 g/mol. The van der Waals surface area contributed by atoms with Gasteiger partial charge in [0.15, 0.2) is 5.78 Å². The number of halogens is 1. The van der Waals surface area contributed by atoms with Gasteiger partial charge in [-0.1, -0.05) is 24.3 Å². The maximum absolute atomic E-state index is 12.4. The number of hydrogen-bond donors (Lipinski definition) is 0. The summed E-state index contributed by atoms with van der Waals surface area (Å²) in [6, 6.07) is 12.9. The Morgan fingerprint density at radius 3 is 2.44 bits per heavy atom. The van der Waals surface area contributed by atoms with Gasteiger partial charge in [-0.05, 0) is 46.6 Å². The van der Waals surface area contributed by atoms with Gasteiger partial charge in [0.1, 0.15) is 5.75 Å². The summed E-state index contributed by atoms with van der Waals surface area (Å²) in [6.07, 6.45) is 0. The van der Waals surface area contributed by atoms with Gasteiger partial charge in [0.05, 0.1) is 7.11 Å². The van der Waals surface area contributed by atoms with E-state index in [9.17, 15) is 4.79 Å². The summed E-state index contributed by atoms with van der Waals surface area (Å²) in [5.41, 5.74) is 2.35. The molecule has 0 heterocycles. The molecule has 0 saturated carbocycles. The second-order valence-corrected chi connectivity index (χ2v) is 4.84. The van der Waals surface area contributed by atoms with E-state index in [0.29, 0.717) is 5.56 Å². The molecule has 0 saturated heterocycles. The van der Waals surface area contributed by atoms with Crippen molar-refractivity contribution in [2.75, 3.05) is 7.11 Å². The average Bonchev–Trinajstić information content (AvgIpc) is 2.38. The molecule has 0 bridgehead atoms. The molecule has 0 aliphatic rings. The molecule has 18 heavy (non-hydrogen) atoms. The molecule has 0 aromatic heterocycles. The van der Waals surface area contributed by atoms with Crippen molar-refractivity contribution in [3.63, 3.8) is 0 Å². The Balaban J connectivity index is 2.44. The predicted octanol–water partition coefficient (Wildman–Crippen LogP) is 4.00. The molecule has 0 unspecified atom stereocenters. The molecular weight excluding hydrogens is 292 g/mol. The first-order valence-electron chi connectivity index (χ1n) is 5.57. The van der Waals surface area contributed by atoms with Gasteiger partial charge < -0.3 is 4.74 Å². The highest BCUT2D eigenvalue weighted by atomic mass is 79.9. The van der Waals surface area contributed by atoms with Crippen LogP contribution < -0.4 is 4.74 Å². The lowest BCUT2D eigenvalue weighted by atomic mass is 9.99. The van der Waals surface area contributed by atoms with E-state index >= 15 is 0 Å². The van der Waals surface area contributed by atoms with E-state index in [1.165, 1.54) is 0 Å². The van der Waals surface area contributed by atoms with Gasteiger partial charge in [-0.3, -0.25) is 4.79 Å². The van der Waals surface area contributed by atoms with Crippen LogP contribution in [0.4, 0.5) is 0 Å². The van der Waals surface area contributed by atoms with Crippen LogP contribution in [0.15, 0.2) is 46.9 Å². The van der Waals surface area contributed by atoms with Crippen LogP contribution in [0.3, 0.4) is 0 Å². The first kappa shape index (κ1) is 12.8. The molecule has 0 amide bonds. The number of aryl methyl sites for hydroxylation is 1. The van der Waals surface area contributed by atoms with Gasteiger partial charge in [-0.2, -0.15) is 0 Å². The minimum absolute atomic E-state index is 0.0163. The molecule has 0 atom stereocenters. The van der Waals surface area contributed by atoms with E-state index in [1.807, 2.05) is 31.2 Å². The van der Waals surface area contributed by atoms with E-state index in [1.54, 1.807) is 25.3 Å². The summed E-state index contributed by atoms with van der Waals surface area (Å²) in [5, 5.41) is 0. The molecule has 0 aliphatic carbocycles. The molecule has 92 valence electrons. The van der Waals surface area contributed by atoms with Gasteiger partial charge in [0.2, 0.25) is 0 Å². The molecular formula is C15H13BrO2. The number of carbonyl (C=O) groups is 1. The highest BCUT2D eigenvalue weighted by molar-refractivity contribution is 9.10. The fourth-order valence-corrected chi connectivity index (χ4v) is 2.32. The van der Waals surface area contributed by atoms with E-state index in [2.05, 4.69) is 15.9 Å². The summed E-state index contributed by atoms with van der Waals surface area (Å²) in [7, 11) is 1.60. The minimum Gasteiger partial charge on any atom is -0.497 e. The lowest BCUT2D eigenvalue weighted by molar-refractivity contribution is 0.103. The third kappa shape index (κ3) is 2.46. The van der Waals surface area contributed by atoms with E-state index in [0.717, 1.165) is 21.3 Å². The van der Waals surface area contributed by atoms with Crippen molar-refractivity contribution in [2.24, 2.45) is 0 Å². The van der Waals surface area contributed by atoms with E-state index < -0.39 is 0 Å². The number of benzene rings is 2. The molecule has 0 radical (unpaired) electrons. The first-order chi connectivity index (χ1) is 8.63. The van der Waals surface area contributed by atoms with E-state index in [4.69, 9.17) is 4.74 Å². The van der Waals surface area contributed by atoms with Crippen molar-refractivity contribution in [3.05, 3.63) is 63.6 Å². The molecule has 2 rings (SSSR count). The van der Waals surface area contributed by atoms with Crippen LogP contribution in [-0.4, -0.2) is 12.9 Å². The van der Waals surface area contributed by atoms with Crippen molar-refractivity contribution in [1.82, 2.24) is 0 Å². The van der Waals surface area contributed by atoms with Crippen molar-refractivity contribution in [2.45, 2.75) is 6.92 Å². The topological polar surface area (TPSA) is 26.3 Å². The lowest BCUT2D eigenvalue weighted by Gasteiger charge is -2.08. The zero-order valence-corrected chi connectivity index (χ0v) is 11.8. The third-order valence-electron chi connectivity index (χ3n) is 2.81. The summed E-state index contributed by atoms with van der Waals surface area (Å²) in [6.45, 7) is 1.94. The maximum Gasteiger partial charge on any atom is 0.194 e. The average molecular weight is 305 g/mol. The van der Waals surface area contributed by atoms with Gasteiger partial charge >= 0.3 is 0 Å². The summed E-state index contributed by atoms with van der Waals surface area (Å²) < 4.78 is 5.86. The Bertz CT molecular complexity index is 591. The quantitative estimate of drug-likeness (QED) is 0.801. The lowest BCUT2D eigenvalue weighted by Crippen LogP contribution is -2.04. The summed E-state index contributed by atoms with van der Waals surface area (Å²) >= 11 is 3.41. The minimum atomic E-state index is 0.0163. The normalized spacial score (nSPS) is 10.2. The number of methoxy groups -OCH3 is 1. The molecule has 0 N–H and O–H groups in total. The highest BCUT2D eigenvalue weighted by Gasteiger charge is 2.14. The largest absolute Gasteiger partial charge is 0.497 e. The first-order valence-corrected chi connectivity index (χ1v) is 6.36. The fraction of sp³-hybridized carbons (Fsp3) is 0.133. The van der Waals surface area contributed by atoms with Crippen LogP contribution in [0.25, 0.3) is 0 Å². The van der Waals surface area contributed by atoms with Gasteiger partial charge in [0, 0.05) is 15.6 Å². The Morgan fingerprint density at radius 1 is 1.11 bits per heavy atom. The van der Waals surface area contributed by atoms with Crippen LogP contribution in [-0.2, 0) is 0 Å².